The van der Waals surface area contributed by atoms with Crippen LogP contribution < -0.4 is 4.74 Å². The Labute approximate surface area is 90.5 Å². The molecule has 0 aliphatic rings. The summed E-state index contributed by atoms with van der Waals surface area (Å²) in [5, 5.41) is 1.12. The summed E-state index contributed by atoms with van der Waals surface area (Å²) < 4.78 is 7.70. The Bertz CT molecular complexity index is 445. The molecular weight excluding hydrogens is 186 g/mol. The molecule has 0 saturated heterocycles. The fourth-order valence-corrected chi connectivity index (χ4v) is 1.60. The van der Waals surface area contributed by atoms with Crippen molar-refractivity contribution < 1.29 is 4.74 Å². The number of unbranched alkanes of at least 4 members (excludes halogenated alkanes) is 1. The minimum absolute atomic E-state index is 0.800. The van der Waals surface area contributed by atoms with Crippen LogP contribution >= 0.6 is 0 Å². The van der Waals surface area contributed by atoms with Crippen molar-refractivity contribution in [1.82, 2.24) is 4.57 Å². The van der Waals surface area contributed by atoms with E-state index in [4.69, 9.17) is 4.74 Å². The Morgan fingerprint density at radius 2 is 2.27 bits per heavy atom. The third kappa shape index (κ3) is 2.14. The molecular formula is C13H16NO. The Balaban J connectivity index is 2.16. The van der Waals surface area contributed by atoms with Gasteiger partial charge >= 0.3 is 0 Å². The molecule has 0 aliphatic carbocycles. The summed E-state index contributed by atoms with van der Waals surface area (Å²) in [4.78, 5) is 0. The van der Waals surface area contributed by atoms with E-state index >= 15 is 0 Å². The predicted molar refractivity (Wildman–Crippen MR) is 62.2 cm³/mol. The van der Waals surface area contributed by atoms with Crippen LogP contribution in [0.5, 0.6) is 5.75 Å². The van der Waals surface area contributed by atoms with E-state index in [2.05, 4.69) is 23.6 Å². The topological polar surface area (TPSA) is 14.2 Å². The smallest absolute Gasteiger partial charge is 0.120 e. The van der Waals surface area contributed by atoms with Gasteiger partial charge in [-0.3, -0.25) is 0 Å². The Kier molecular flexibility index (Phi) is 2.95. The van der Waals surface area contributed by atoms with Gasteiger partial charge in [-0.15, -0.1) is 0 Å². The van der Waals surface area contributed by atoms with Crippen LogP contribution in [-0.2, 0) is 7.05 Å². The van der Waals surface area contributed by atoms with Crippen LogP contribution in [0.1, 0.15) is 19.8 Å². The maximum atomic E-state index is 5.63. The van der Waals surface area contributed by atoms with E-state index in [0.29, 0.717) is 0 Å². The monoisotopic (exact) mass is 202 g/mol. The van der Waals surface area contributed by atoms with Gasteiger partial charge in [-0.25, -0.2) is 0 Å². The van der Waals surface area contributed by atoms with Crippen molar-refractivity contribution in [2.24, 2.45) is 7.05 Å². The second-order valence-corrected chi connectivity index (χ2v) is 3.77. The van der Waals surface area contributed by atoms with Crippen molar-refractivity contribution in [3.63, 3.8) is 0 Å². The van der Waals surface area contributed by atoms with Gasteiger partial charge in [-0.2, -0.15) is 0 Å². The van der Waals surface area contributed by atoms with E-state index in [-0.39, 0.29) is 0 Å². The number of hydrogen-bond donors (Lipinski definition) is 0. The number of benzene rings is 1. The number of hydrogen-bond acceptors (Lipinski definition) is 1. The zero-order valence-electron chi connectivity index (χ0n) is 9.29. The molecule has 0 atom stereocenters. The van der Waals surface area contributed by atoms with Crippen molar-refractivity contribution in [1.29, 1.82) is 0 Å². The summed E-state index contributed by atoms with van der Waals surface area (Å²) >= 11 is 0. The molecule has 1 aromatic heterocycles. The minimum atomic E-state index is 0.800. The molecule has 0 fully saturated rings. The molecule has 2 aromatic rings. The third-order valence-corrected chi connectivity index (χ3v) is 2.53. The molecule has 15 heavy (non-hydrogen) atoms. The summed E-state index contributed by atoms with van der Waals surface area (Å²) in [6.07, 6.45) is 4.22. The highest BCUT2D eigenvalue weighted by molar-refractivity contribution is 5.80. The quantitative estimate of drug-likeness (QED) is 0.695. The second-order valence-electron chi connectivity index (χ2n) is 3.77. The van der Waals surface area contributed by atoms with Gasteiger partial charge in [-0.1, -0.05) is 13.3 Å². The average Bonchev–Trinajstić information content (AvgIpc) is 2.61. The normalized spacial score (nSPS) is 10.8. The van der Waals surface area contributed by atoms with Crippen LogP contribution in [0.3, 0.4) is 0 Å². The van der Waals surface area contributed by atoms with Crippen LogP contribution in [0.15, 0.2) is 24.4 Å². The van der Waals surface area contributed by atoms with Gasteiger partial charge in [0.1, 0.15) is 5.75 Å². The van der Waals surface area contributed by atoms with Gasteiger partial charge in [0, 0.05) is 30.2 Å². The highest BCUT2D eigenvalue weighted by Crippen LogP contribution is 2.20. The molecule has 0 N–H and O–H groups in total. The van der Waals surface area contributed by atoms with Crippen LogP contribution in [0.25, 0.3) is 10.9 Å². The number of fused-ring (bicyclic) bond motifs is 1. The van der Waals surface area contributed by atoms with Crippen LogP contribution in [0, 0.1) is 6.07 Å². The lowest BCUT2D eigenvalue weighted by Crippen LogP contribution is -1.96. The fraction of sp³-hybridized carbons (Fsp3) is 0.385. The minimum Gasteiger partial charge on any atom is -0.494 e. The Morgan fingerprint density at radius 3 is 3.07 bits per heavy atom. The lowest BCUT2D eigenvalue weighted by molar-refractivity contribution is 0.310. The summed E-state index contributed by atoms with van der Waals surface area (Å²) in [7, 11) is 2.02. The van der Waals surface area contributed by atoms with E-state index in [9.17, 15) is 0 Å². The van der Waals surface area contributed by atoms with E-state index in [1.807, 2.05) is 25.4 Å². The fourth-order valence-electron chi connectivity index (χ4n) is 1.60. The standard InChI is InChI=1S/C13H16NO/c1-3-4-9-15-12-5-6-13-11(10-12)7-8-14(13)2/h5-6,8,10H,3-4,9H2,1-2H3. The highest BCUT2D eigenvalue weighted by atomic mass is 16.5. The predicted octanol–water partition coefficient (Wildman–Crippen LogP) is 3.16. The van der Waals surface area contributed by atoms with E-state index in [0.717, 1.165) is 24.2 Å². The molecule has 2 nitrogen and oxygen atoms in total. The van der Waals surface area contributed by atoms with Crippen LogP contribution in [0.4, 0.5) is 0 Å². The molecule has 0 saturated carbocycles. The van der Waals surface area contributed by atoms with Crippen LogP contribution in [0.2, 0.25) is 0 Å². The SMILES string of the molecule is CCCCOc1ccc2c([c]cn2C)c1. The molecule has 1 radical (unpaired) electrons. The highest BCUT2D eigenvalue weighted by Gasteiger charge is 2.00. The maximum absolute atomic E-state index is 5.63. The summed E-state index contributed by atoms with van der Waals surface area (Å²) in [5.41, 5.74) is 1.19. The zero-order chi connectivity index (χ0) is 10.7. The van der Waals surface area contributed by atoms with Gasteiger partial charge in [0.25, 0.3) is 0 Å². The molecule has 79 valence electrons. The van der Waals surface area contributed by atoms with E-state index < -0.39 is 0 Å². The second kappa shape index (κ2) is 4.39. The zero-order valence-corrected chi connectivity index (χ0v) is 9.29. The molecule has 0 bridgehead atoms. The van der Waals surface area contributed by atoms with E-state index in [1.165, 1.54) is 11.9 Å². The van der Waals surface area contributed by atoms with Gasteiger partial charge in [0.2, 0.25) is 0 Å². The largest absolute Gasteiger partial charge is 0.494 e. The number of rotatable bonds is 4. The van der Waals surface area contributed by atoms with Gasteiger partial charge in [-0.05, 0) is 24.6 Å². The number of aromatic nitrogens is 1. The average molecular weight is 202 g/mol. The summed E-state index contributed by atoms with van der Waals surface area (Å²) in [6, 6.07) is 9.34. The van der Waals surface area contributed by atoms with Gasteiger partial charge in [0.05, 0.1) is 6.61 Å². The molecule has 1 heterocycles. The molecule has 1 aromatic carbocycles. The molecule has 0 amide bonds. The lowest BCUT2D eigenvalue weighted by atomic mass is 10.2. The number of ether oxygens (including phenoxy) is 1. The molecule has 0 aliphatic heterocycles. The number of aryl methyl sites for hydroxylation is 1. The molecule has 2 rings (SSSR count). The van der Waals surface area contributed by atoms with Crippen molar-refractivity contribution in [3.05, 3.63) is 30.5 Å². The first-order valence-corrected chi connectivity index (χ1v) is 5.41. The first kappa shape index (κ1) is 10.1. The first-order chi connectivity index (χ1) is 7.31. The molecule has 0 unspecified atom stereocenters. The Hall–Kier alpha value is -1.44. The van der Waals surface area contributed by atoms with Crippen molar-refractivity contribution >= 4 is 10.9 Å². The summed E-state index contributed by atoms with van der Waals surface area (Å²) in [5.74, 6) is 0.943. The van der Waals surface area contributed by atoms with Crippen molar-refractivity contribution in [2.45, 2.75) is 19.8 Å². The van der Waals surface area contributed by atoms with Crippen molar-refractivity contribution in [3.8, 4) is 5.75 Å². The van der Waals surface area contributed by atoms with Gasteiger partial charge in [0.15, 0.2) is 0 Å². The third-order valence-electron chi connectivity index (χ3n) is 2.53. The van der Waals surface area contributed by atoms with E-state index in [1.54, 1.807) is 0 Å². The molecule has 0 spiro atoms. The van der Waals surface area contributed by atoms with Gasteiger partial charge < -0.3 is 9.30 Å². The maximum Gasteiger partial charge on any atom is 0.120 e. The summed E-state index contributed by atoms with van der Waals surface area (Å²) in [6.45, 7) is 2.96. The van der Waals surface area contributed by atoms with Crippen LogP contribution in [-0.4, -0.2) is 11.2 Å². The molecule has 2 heteroatoms. The van der Waals surface area contributed by atoms with Crippen molar-refractivity contribution in [2.75, 3.05) is 6.61 Å². The first-order valence-electron chi connectivity index (χ1n) is 5.41. The Morgan fingerprint density at radius 1 is 1.40 bits per heavy atom. The number of nitrogens with zero attached hydrogens (tertiary/aromatic N) is 1. The lowest BCUT2D eigenvalue weighted by Gasteiger charge is -2.05.